The maximum Gasteiger partial charge on any atom is 0.155 e. The Balaban J connectivity index is 1.49. The molecule has 1 N–H and O–H groups in total. The summed E-state index contributed by atoms with van der Waals surface area (Å²) in [5.41, 5.74) is 6.01. The van der Waals surface area contributed by atoms with Gasteiger partial charge in [0, 0.05) is 36.2 Å². The van der Waals surface area contributed by atoms with E-state index in [1.165, 1.54) is 16.7 Å². The molecule has 2 aromatic carbocycles. The molecule has 0 radical (unpaired) electrons. The van der Waals surface area contributed by atoms with Crippen LogP contribution in [-0.2, 0) is 12.0 Å². The third-order valence-electron chi connectivity index (χ3n) is 6.84. The largest absolute Gasteiger partial charge is 0.497 e. The van der Waals surface area contributed by atoms with Gasteiger partial charge in [-0.1, -0.05) is 25.5 Å². The second-order valence-corrected chi connectivity index (χ2v) is 9.56. The molecule has 1 saturated heterocycles. The van der Waals surface area contributed by atoms with E-state index in [0.29, 0.717) is 6.61 Å². The molecule has 8 nitrogen and oxygen atoms in total. The monoisotopic (exact) mass is 461 g/mol. The zero-order valence-electron chi connectivity index (χ0n) is 20.2. The molecule has 2 aliphatic rings. The van der Waals surface area contributed by atoms with Crippen molar-refractivity contribution in [2.75, 3.05) is 33.9 Å². The third-order valence-corrected chi connectivity index (χ3v) is 6.84. The highest BCUT2D eigenvalue weighted by Crippen LogP contribution is 2.43. The minimum atomic E-state index is -0.145. The maximum absolute atomic E-state index is 6.25. The van der Waals surface area contributed by atoms with Crippen LogP contribution in [0.15, 0.2) is 42.0 Å². The molecule has 34 heavy (non-hydrogen) atoms. The minimum absolute atomic E-state index is 0.145. The molecular weight excluding hydrogens is 430 g/mol. The van der Waals surface area contributed by atoms with Gasteiger partial charge in [0.05, 0.1) is 14.2 Å². The topological polar surface area (TPSA) is 85.4 Å². The molecule has 5 rings (SSSR count). The van der Waals surface area contributed by atoms with Crippen LogP contribution in [-0.4, -0.2) is 59.4 Å². The first-order chi connectivity index (χ1) is 16.5. The Bertz CT molecular complexity index is 1190. The molecule has 1 aromatic heterocycles. The summed E-state index contributed by atoms with van der Waals surface area (Å²) in [4.78, 5) is 2.50. The summed E-state index contributed by atoms with van der Waals surface area (Å²) in [5, 5.41) is 14.6. The van der Waals surface area contributed by atoms with Crippen LogP contribution in [0.4, 0.5) is 0 Å². The third kappa shape index (κ3) is 4.25. The van der Waals surface area contributed by atoms with E-state index in [-0.39, 0.29) is 5.41 Å². The fraction of sp³-hybridized carbons (Fsp3) is 0.423. The standard InChI is InChI=1S/C26H31N5O3/c1-26(2,25-27-29-30-28-25)16-31-11-9-17(10-12-31)24-21-7-5-19(32-3)13-18(21)15-34-23-8-6-20(33-4)14-22(23)24/h5-8,13-14H,9-12,15-16H2,1-4H3,(H,27,28,29,30). The van der Waals surface area contributed by atoms with Crippen molar-refractivity contribution >= 4 is 5.57 Å². The van der Waals surface area contributed by atoms with Crippen LogP contribution in [0.1, 0.15) is 49.2 Å². The van der Waals surface area contributed by atoms with Crippen LogP contribution >= 0.6 is 0 Å². The second-order valence-electron chi connectivity index (χ2n) is 9.56. The van der Waals surface area contributed by atoms with Crippen LogP contribution in [0.3, 0.4) is 0 Å². The van der Waals surface area contributed by atoms with E-state index in [0.717, 1.165) is 66.7 Å². The van der Waals surface area contributed by atoms with Crippen molar-refractivity contribution in [3.05, 3.63) is 64.5 Å². The van der Waals surface area contributed by atoms with Crippen molar-refractivity contribution in [3.8, 4) is 17.2 Å². The molecule has 0 atom stereocenters. The number of aromatic nitrogens is 4. The average Bonchev–Trinajstić information content (AvgIpc) is 3.36. The number of aromatic amines is 1. The van der Waals surface area contributed by atoms with Gasteiger partial charge in [0.1, 0.15) is 23.9 Å². The number of rotatable bonds is 5. The number of fused-ring (bicyclic) bond motifs is 2. The fourth-order valence-corrected chi connectivity index (χ4v) is 5.01. The Morgan fingerprint density at radius 2 is 1.74 bits per heavy atom. The van der Waals surface area contributed by atoms with Gasteiger partial charge in [-0.2, -0.15) is 0 Å². The highest BCUT2D eigenvalue weighted by Gasteiger charge is 2.30. The summed E-state index contributed by atoms with van der Waals surface area (Å²) in [6.07, 6.45) is 1.98. The molecule has 0 amide bonds. The van der Waals surface area contributed by atoms with Crippen LogP contribution in [0, 0.1) is 0 Å². The van der Waals surface area contributed by atoms with E-state index >= 15 is 0 Å². The van der Waals surface area contributed by atoms with E-state index in [4.69, 9.17) is 14.2 Å². The van der Waals surface area contributed by atoms with Crippen LogP contribution < -0.4 is 14.2 Å². The number of methoxy groups -OCH3 is 2. The van der Waals surface area contributed by atoms with E-state index in [1.807, 2.05) is 18.2 Å². The number of hydrogen-bond acceptors (Lipinski definition) is 7. The Hall–Kier alpha value is -3.39. The lowest BCUT2D eigenvalue weighted by Crippen LogP contribution is -2.41. The van der Waals surface area contributed by atoms with Crippen molar-refractivity contribution in [2.45, 2.75) is 38.7 Å². The molecule has 8 heteroatoms. The van der Waals surface area contributed by atoms with Gasteiger partial charge < -0.3 is 19.1 Å². The van der Waals surface area contributed by atoms with Gasteiger partial charge in [-0.3, -0.25) is 0 Å². The first kappa shape index (κ1) is 22.4. The number of hydrogen-bond donors (Lipinski definition) is 1. The zero-order valence-corrected chi connectivity index (χ0v) is 20.2. The molecule has 0 unspecified atom stereocenters. The van der Waals surface area contributed by atoms with E-state index in [9.17, 15) is 0 Å². The lowest BCUT2D eigenvalue weighted by atomic mass is 9.85. The summed E-state index contributed by atoms with van der Waals surface area (Å²) >= 11 is 0. The molecule has 1 fully saturated rings. The Morgan fingerprint density at radius 1 is 1.00 bits per heavy atom. The normalized spacial score (nSPS) is 16.4. The molecule has 0 bridgehead atoms. The number of benzene rings is 2. The zero-order chi connectivity index (χ0) is 23.7. The van der Waals surface area contributed by atoms with Crippen LogP contribution in [0.5, 0.6) is 17.2 Å². The Labute approximate surface area is 199 Å². The van der Waals surface area contributed by atoms with Crippen LogP contribution in [0.2, 0.25) is 0 Å². The number of likely N-dealkylation sites (tertiary alicyclic amines) is 1. The summed E-state index contributed by atoms with van der Waals surface area (Å²) < 4.78 is 17.3. The van der Waals surface area contributed by atoms with Crippen molar-refractivity contribution in [1.82, 2.24) is 25.5 Å². The van der Waals surface area contributed by atoms with Crippen molar-refractivity contribution in [3.63, 3.8) is 0 Å². The predicted molar refractivity (Wildman–Crippen MR) is 129 cm³/mol. The molecule has 2 aliphatic heterocycles. The number of H-pyrrole nitrogens is 1. The van der Waals surface area contributed by atoms with Crippen LogP contribution in [0.25, 0.3) is 5.57 Å². The van der Waals surface area contributed by atoms with Crippen molar-refractivity contribution in [2.24, 2.45) is 0 Å². The molecule has 0 aliphatic carbocycles. The highest BCUT2D eigenvalue weighted by atomic mass is 16.5. The fourth-order valence-electron chi connectivity index (χ4n) is 5.01. The lowest BCUT2D eigenvalue weighted by Gasteiger charge is -2.35. The van der Waals surface area contributed by atoms with Gasteiger partial charge in [-0.05, 0) is 64.7 Å². The molecule has 3 heterocycles. The quantitative estimate of drug-likeness (QED) is 0.615. The van der Waals surface area contributed by atoms with Gasteiger partial charge in [0.25, 0.3) is 0 Å². The van der Waals surface area contributed by atoms with E-state index in [1.54, 1.807) is 14.2 Å². The maximum atomic E-state index is 6.25. The predicted octanol–water partition coefficient (Wildman–Crippen LogP) is 3.98. The summed E-state index contributed by atoms with van der Waals surface area (Å²) in [5.74, 6) is 3.38. The minimum Gasteiger partial charge on any atom is -0.497 e. The van der Waals surface area contributed by atoms with Gasteiger partial charge in [-0.15, -0.1) is 5.10 Å². The first-order valence-corrected chi connectivity index (χ1v) is 11.7. The lowest BCUT2D eigenvalue weighted by molar-refractivity contribution is 0.206. The molecule has 3 aromatic rings. The van der Waals surface area contributed by atoms with Gasteiger partial charge in [0.15, 0.2) is 5.82 Å². The number of nitrogens with one attached hydrogen (secondary N) is 1. The number of piperidine rings is 1. The van der Waals surface area contributed by atoms with E-state index < -0.39 is 0 Å². The van der Waals surface area contributed by atoms with Crippen molar-refractivity contribution < 1.29 is 14.2 Å². The number of nitrogens with zero attached hydrogens (tertiary/aromatic N) is 4. The summed E-state index contributed by atoms with van der Waals surface area (Å²) in [6, 6.07) is 12.4. The summed E-state index contributed by atoms with van der Waals surface area (Å²) in [7, 11) is 3.40. The molecule has 178 valence electrons. The SMILES string of the molecule is COc1ccc2c(c1)COc1ccc(OC)cc1C2=C1CCN(CC(C)(C)c2nnn[nH]2)CC1. The van der Waals surface area contributed by atoms with Crippen molar-refractivity contribution in [1.29, 1.82) is 0 Å². The first-order valence-electron chi connectivity index (χ1n) is 11.7. The highest BCUT2D eigenvalue weighted by molar-refractivity contribution is 5.87. The summed E-state index contributed by atoms with van der Waals surface area (Å²) in [6.45, 7) is 7.73. The van der Waals surface area contributed by atoms with Gasteiger partial charge >= 0.3 is 0 Å². The average molecular weight is 462 g/mol. The van der Waals surface area contributed by atoms with E-state index in [2.05, 4.69) is 57.6 Å². The Kier molecular flexibility index (Phi) is 6.00. The van der Waals surface area contributed by atoms with Gasteiger partial charge in [0.2, 0.25) is 0 Å². The molecule has 0 saturated carbocycles. The molecular formula is C26H31N5O3. The smallest absolute Gasteiger partial charge is 0.155 e. The van der Waals surface area contributed by atoms with Gasteiger partial charge in [-0.25, -0.2) is 5.10 Å². The second kappa shape index (κ2) is 9.10. The number of ether oxygens (including phenoxy) is 3. The Morgan fingerprint density at radius 3 is 2.44 bits per heavy atom. The molecule has 0 spiro atoms. The number of tetrazole rings is 1.